The third kappa shape index (κ3) is 4.72. The van der Waals surface area contributed by atoms with E-state index < -0.39 is 30.1 Å². The van der Waals surface area contributed by atoms with Crippen molar-refractivity contribution in [3.8, 4) is 0 Å². The van der Waals surface area contributed by atoms with E-state index >= 15 is 0 Å². The Morgan fingerprint density at radius 3 is 2.28 bits per heavy atom. The monoisotopic (exact) mass is 358 g/mol. The molecule has 1 aromatic rings. The molecule has 0 radical (unpaired) electrons. The molecule has 1 saturated heterocycles. The van der Waals surface area contributed by atoms with Gasteiger partial charge in [0.2, 0.25) is 5.91 Å². The van der Waals surface area contributed by atoms with Crippen LogP contribution in [0.25, 0.3) is 0 Å². The van der Waals surface area contributed by atoms with Crippen molar-refractivity contribution in [1.82, 2.24) is 10.2 Å². The maximum absolute atomic E-state index is 12.6. The zero-order valence-corrected chi connectivity index (χ0v) is 13.8. The number of hydrogen-bond donors (Lipinski definition) is 2. The Morgan fingerprint density at radius 1 is 1.20 bits per heavy atom. The largest absolute Gasteiger partial charge is 0.418 e. The number of hydrogen-bond acceptors (Lipinski definition) is 3. The van der Waals surface area contributed by atoms with Crippen LogP contribution in [0.4, 0.5) is 13.2 Å². The number of benzene rings is 1. The summed E-state index contributed by atoms with van der Waals surface area (Å²) >= 11 is 0. The first-order chi connectivity index (χ1) is 11.6. The molecule has 2 rings (SSSR count). The van der Waals surface area contributed by atoms with Crippen molar-refractivity contribution in [2.24, 2.45) is 5.92 Å². The molecule has 1 fully saturated rings. The molecule has 0 aromatic heterocycles. The van der Waals surface area contributed by atoms with Crippen molar-refractivity contribution in [1.29, 1.82) is 0 Å². The predicted molar refractivity (Wildman–Crippen MR) is 84.8 cm³/mol. The molecule has 1 aliphatic heterocycles. The Morgan fingerprint density at radius 2 is 1.76 bits per heavy atom. The van der Waals surface area contributed by atoms with Gasteiger partial charge in [0.25, 0.3) is 5.91 Å². The lowest BCUT2D eigenvalue weighted by atomic mass is 9.95. The average molecular weight is 358 g/mol. The maximum atomic E-state index is 12.6. The SMILES string of the molecule is CC(O)(CNC(=O)C1CCN(C(=O)c2ccccc2)CC1)C(F)(F)F. The lowest BCUT2D eigenvalue weighted by Crippen LogP contribution is -2.52. The molecule has 5 nitrogen and oxygen atoms in total. The van der Waals surface area contributed by atoms with Gasteiger partial charge in [-0.25, -0.2) is 0 Å². The Hall–Kier alpha value is -2.09. The van der Waals surface area contributed by atoms with Crippen LogP contribution in [0.2, 0.25) is 0 Å². The second-order valence-corrected chi connectivity index (χ2v) is 6.42. The molecule has 0 spiro atoms. The number of carbonyl (C=O) groups excluding carboxylic acids is 2. The number of rotatable bonds is 4. The summed E-state index contributed by atoms with van der Waals surface area (Å²) in [5.74, 6) is -1.13. The van der Waals surface area contributed by atoms with Gasteiger partial charge in [-0.1, -0.05) is 18.2 Å². The molecule has 2 amide bonds. The molecule has 0 bridgehead atoms. The highest BCUT2D eigenvalue weighted by molar-refractivity contribution is 5.94. The number of nitrogens with one attached hydrogen (secondary N) is 1. The quantitative estimate of drug-likeness (QED) is 0.865. The van der Waals surface area contributed by atoms with Crippen molar-refractivity contribution in [2.75, 3.05) is 19.6 Å². The van der Waals surface area contributed by atoms with E-state index in [2.05, 4.69) is 5.32 Å². The van der Waals surface area contributed by atoms with Crippen LogP contribution in [0.1, 0.15) is 30.1 Å². The molecule has 25 heavy (non-hydrogen) atoms. The summed E-state index contributed by atoms with van der Waals surface area (Å²) in [6.45, 7) is 0.454. The highest BCUT2D eigenvalue weighted by Gasteiger charge is 2.50. The van der Waals surface area contributed by atoms with Crippen molar-refractivity contribution in [3.05, 3.63) is 35.9 Å². The van der Waals surface area contributed by atoms with E-state index in [9.17, 15) is 27.9 Å². The van der Waals surface area contributed by atoms with Crippen LogP contribution >= 0.6 is 0 Å². The van der Waals surface area contributed by atoms with Gasteiger partial charge in [0, 0.05) is 24.6 Å². The minimum Gasteiger partial charge on any atom is -0.379 e. The van der Waals surface area contributed by atoms with E-state index in [-0.39, 0.29) is 5.91 Å². The van der Waals surface area contributed by atoms with Crippen molar-refractivity contribution in [3.63, 3.8) is 0 Å². The van der Waals surface area contributed by atoms with E-state index in [0.29, 0.717) is 38.4 Å². The summed E-state index contributed by atoms with van der Waals surface area (Å²) in [6, 6.07) is 8.75. The fourth-order valence-electron chi connectivity index (χ4n) is 2.61. The Kier molecular flexibility index (Phi) is 5.72. The van der Waals surface area contributed by atoms with Crippen molar-refractivity contribution >= 4 is 11.8 Å². The molecule has 1 aromatic carbocycles. The third-order valence-electron chi connectivity index (χ3n) is 4.39. The van der Waals surface area contributed by atoms with Crippen LogP contribution in [-0.2, 0) is 4.79 Å². The number of amides is 2. The van der Waals surface area contributed by atoms with Crippen molar-refractivity contribution < 1.29 is 27.9 Å². The van der Waals surface area contributed by atoms with E-state index in [4.69, 9.17) is 0 Å². The lowest BCUT2D eigenvalue weighted by molar-refractivity contribution is -0.250. The van der Waals surface area contributed by atoms with E-state index in [1.165, 1.54) is 0 Å². The van der Waals surface area contributed by atoms with E-state index in [1.54, 1.807) is 29.2 Å². The summed E-state index contributed by atoms with van der Waals surface area (Å²) in [5.41, 5.74) is -2.40. The van der Waals surface area contributed by atoms with Gasteiger partial charge in [0.05, 0.1) is 6.54 Å². The van der Waals surface area contributed by atoms with Crippen LogP contribution in [0, 0.1) is 5.92 Å². The fraction of sp³-hybridized carbons (Fsp3) is 0.529. The fourth-order valence-corrected chi connectivity index (χ4v) is 2.61. The number of carbonyl (C=O) groups is 2. The molecule has 0 aliphatic carbocycles. The highest BCUT2D eigenvalue weighted by Crippen LogP contribution is 2.29. The molecule has 2 N–H and O–H groups in total. The van der Waals surface area contributed by atoms with Crippen LogP contribution < -0.4 is 5.32 Å². The van der Waals surface area contributed by atoms with Gasteiger partial charge >= 0.3 is 6.18 Å². The smallest absolute Gasteiger partial charge is 0.379 e. The van der Waals surface area contributed by atoms with E-state index in [0.717, 1.165) is 0 Å². The number of nitrogens with zero attached hydrogens (tertiary/aromatic N) is 1. The van der Waals surface area contributed by atoms with Gasteiger partial charge in [-0.2, -0.15) is 13.2 Å². The second-order valence-electron chi connectivity index (χ2n) is 6.42. The number of alkyl halides is 3. The topological polar surface area (TPSA) is 69.6 Å². The van der Waals surface area contributed by atoms with E-state index in [1.807, 2.05) is 6.07 Å². The molecule has 8 heteroatoms. The summed E-state index contributed by atoms with van der Waals surface area (Å²) < 4.78 is 37.7. The summed E-state index contributed by atoms with van der Waals surface area (Å²) in [6.07, 6.45) is -4.07. The first-order valence-corrected chi connectivity index (χ1v) is 8.03. The maximum Gasteiger partial charge on any atom is 0.418 e. The molecule has 1 aliphatic rings. The number of aliphatic hydroxyl groups is 1. The molecule has 0 saturated carbocycles. The number of piperidine rings is 1. The Balaban J connectivity index is 1.84. The normalized spacial score (nSPS) is 18.5. The Labute approximate surface area is 143 Å². The molecule has 1 atom stereocenters. The summed E-state index contributed by atoms with van der Waals surface area (Å²) in [7, 11) is 0. The van der Waals surface area contributed by atoms with Gasteiger partial charge in [-0.05, 0) is 31.9 Å². The number of likely N-dealkylation sites (tertiary alicyclic amines) is 1. The first-order valence-electron chi connectivity index (χ1n) is 8.03. The third-order valence-corrected chi connectivity index (χ3v) is 4.39. The van der Waals surface area contributed by atoms with Gasteiger partial charge < -0.3 is 15.3 Å². The lowest BCUT2D eigenvalue weighted by Gasteiger charge is -2.32. The van der Waals surface area contributed by atoms with Crippen molar-refractivity contribution in [2.45, 2.75) is 31.5 Å². The average Bonchev–Trinajstić information content (AvgIpc) is 2.59. The zero-order chi connectivity index (χ0) is 18.7. The molecule has 1 heterocycles. The molecule has 138 valence electrons. The highest BCUT2D eigenvalue weighted by atomic mass is 19.4. The van der Waals surface area contributed by atoms with Crippen LogP contribution in [0.3, 0.4) is 0 Å². The van der Waals surface area contributed by atoms with Gasteiger partial charge in [-0.3, -0.25) is 9.59 Å². The van der Waals surface area contributed by atoms with Crippen LogP contribution in [0.5, 0.6) is 0 Å². The summed E-state index contributed by atoms with van der Waals surface area (Å²) in [5, 5.41) is 11.5. The van der Waals surface area contributed by atoms with Gasteiger partial charge in [0.15, 0.2) is 5.60 Å². The molecular weight excluding hydrogens is 337 g/mol. The Bertz CT molecular complexity index is 609. The minimum atomic E-state index is -4.81. The van der Waals surface area contributed by atoms with Gasteiger partial charge in [-0.15, -0.1) is 0 Å². The second kappa shape index (κ2) is 7.43. The van der Waals surface area contributed by atoms with Crippen LogP contribution in [-0.4, -0.2) is 53.2 Å². The zero-order valence-electron chi connectivity index (χ0n) is 13.8. The number of halogens is 3. The standard InChI is InChI=1S/C17H21F3N2O3/c1-16(25,17(18,19)20)11-21-14(23)12-7-9-22(10-8-12)15(24)13-5-3-2-4-6-13/h2-6,12,25H,7-11H2,1H3,(H,21,23). The first kappa shape index (κ1) is 19.2. The molecular formula is C17H21F3N2O3. The van der Waals surface area contributed by atoms with Crippen LogP contribution in [0.15, 0.2) is 30.3 Å². The summed E-state index contributed by atoms with van der Waals surface area (Å²) in [4.78, 5) is 26.0. The van der Waals surface area contributed by atoms with Gasteiger partial charge in [0.1, 0.15) is 0 Å². The predicted octanol–water partition coefficient (Wildman–Crippen LogP) is 1.97. The minimum absolute atomic E-state index is 0.125. The molecule has 1 unspecified atom stereocenters.